The van der Waals surface area contributed by atoms with Gasteiger partial charge in [0.15, 0.2) is 0 Å². The first-order chi connectivity index (χ1) is 9.83. The summed E-state index contributed by atoms with van der Waals surface area (Å²) < 4.78 is 5.54. The summed E-state index contributed by atoms with van der Waals surface area (Å²) in [5.74, 6) is 0.400. The van der Waals surface area contributed by atoms with Gasteiger partial charge < -0.3 is 9.73 Å². The van der Waals surface area contributed by atoms with Gasteiger partial charge in [-0.05, 0) is 35.7 Å². The summed E-state index contributed by atoms with van der Waals surface area (Å²) in [6.45, 7) is 3.20. The normalized spacial score (nSPS) is 21.9. The molecule has 2 atom stereocenters. The second-order valence-electron chi connectivity index (χ2n) is 5.53. The van der Waals surface area contributed by atoms with E-state index in [9.17, 15) is 0 Å². The lowest BCUT2D eigenvalue weighted by molar-refractivity contribution is 0.508. The number of fused-ring (bicyclic) bond motifs is 2. The largest absolute Gasteiger partial charge is 0.464 e. The number of hydrogen-bond donors (Lipinski definition) is 1. The maximum absolute atomic E-state index is 5.54. The second kappa shape index (κ2) is 4.50. The molecule has 1 aliphatic heterocycles. The van der Waals surface area contributed by atoms with Gasteiger partial charge in [0.05, 0.1) is 6.26 Å². The van der Waals surface area contributed by atoms with Crippen LogP contribution in [0.4, 0.5) is 0 Å². The van der Waals surface area contributed by atoms with E-state index in [2.05, 4.69) is 54.7 Å². The predicted molar refractivity (Wildman–Crippen MR) is 80.9 cm³/mol. The fraction of sp³-hybridized carbons (Fsp3) is 0.222. The van der Waals surface area contributed by atoms with Gasteiger partial charge in [-0.25, -0.2) is 0 Å². The highest BCUT2D eigenvalue weighted by molar-refractivity contribution is 5.78. The molecule has 100 valence electrons. The lowest BCUT2D eigenvalue weighted by Crippen LogP contribution is -2.31. The molecule has 2 aromatic carbocycles. The van der Waals surface area contributed by atoms with Crippen LogP contribution in [0.25, 0.3) is 11.0 Å². The van der Waals surface area contributed by atoms with Crippen LogP contribution >= 0.6 is 0 Å². The van der Waals surface area contributed by atoms with E-state index in [1.807, 2.05) is 6.07 Å². The molecule has 0 aliphatic carbocycles. The Labute approximate surface area is 118 Å². The number of furan rings is 1. The van der Waals surface area contributed by atoms with Crippen molar-refractivity contribution in [1.82, 2.24) is 5.32 Å². The number of hydrogen-bond acceptors (Lipinski definition) is 2. The summed E-state index contributed by atoms with van der Waals surface area (Å²) in [6, 6.07) is 17.7. The van der Waals surface area contributed by atoms with Crippen LogP contribution in [-0.4, -0.2) is 6.54 Å². The Bertz CT molecular complexity index is 759. The first-order valence-corrected chi connectivity index (χ1v) is 7.12. The van der Waals surface area contributed by atoms with Crippen LogP contribution in [0.15, 0.2) is 59.2 Å². The topological polar surface area (TPSA) is 25.2 Å². The minimum atomic E-state index is 0.400. The molecule has 1 aliphatic rings. The van der Waals surface area contributed by atoms with Crippen molar-refractivity contribution >= 4 is 11.0 Å². The van der Waals surface area contributed by atoms with E-state index in [1.165, 1.54) is 22.1 Å². The highest BCUT2D eigenvalue weighted by Gasteiger charge is 2.25. The first-order valence-electron chi connectivity index (χ1n) is 7.12. The van der Waals surface area contributed by atoms with Gasteiger partial charge in [0.1, 0.15) is 5.58 Å². The highest BCUT2D eigenvalue weighted by atomic mass is 16.3. The molecule has 2 unspecified atom stereocenters. The van der Waals surface area contributed by atoms with E-state index in [0.717, 1.165) is 12.1 Å². The van der Waals surface area contributed by atoms with Gasteiger partial charge in [-0.2, -0.15) is 0 Å². The molecule has 20 heavy (non-hydrogen) atoms. The molecule has 2 nitrogen and oxygen atoms in total. The summed E-state index contributed by atoms with van der Waals surface area (Å²) in [4.78, 5) is 0. The molecule has 4 rings (SSSR count). The molecule has 1 N–H and O–H groups in total. The van der Waals surface area contributed by atoms with Crippen LogP contribution < -0.4 is 5.32 Å². The van der Waals surface area contributed by atoms with Gasteiger partial charge in [0.2, 0.25) is 0 Å². The van der Waals surface area contributed by atoms with Crippen molar-refractivity contribution in [3.63, 3.8) is 0 Å². The third-order valence-corrected chi connectivity index (χ3v) is 4.35. The fourth-order valence-electron chi connectivity index (χ4n) is 3.22. The lowest BCUT2D eigenvalue weighted by atomic mass is 9.83. The second-order valence-corrected chi connectivity index (χ2v) is 5.53. The predicted octanol–water partition coefficient (Wildman–Crippen LogP) is 4.23. The summed E-state index contributed by atoms with van der Waals surface area (Å²) in [6.07, 6.45) is 1.75. The molecule has 0 amide bonds. The molecule has 0 saturated carbocycles. The molecule has 3 aromatic rings. The molecule has 0 saturated heterocycles. The van der Waals surface area contributed by atoms with Crippen molar-refractivity contribution in [2.24, 2.45) is 0 Å². The van der Waals surface area contributed by atoms with Crippen LogP contribution in [0.1, 0.15) is 35.6 Å². The summed E-state index contributed by atoms with van der Waals surface area (Å²) in [5, 5.41) is 4.76. The van der Waals surface area contributed by atoms with Gasteiger partial charge in [-0.3, -0.25) is 0 Å². The van der Waals surface area contributed by atoms with E-state index >= 15 is 0 Å². The van der Waals surface area contributed by atoms with Gasteiger partial charge in [0, 0.05) is 23.9 Å². The lowest BCUT2D eigenvalue weighted by Gasteiger charge is -2.31. The Kier molecular flexibility index (Phi) is 2.64. The van der Waals surface area contributed by atoms with E-state index < -0.39 is 0 Å². The monoisotopic (exact) mass is 263 g/mol. The van der Waals surface area contributed by atoms with E-state index in [0.29, 0.717) is 12.0 Å². The smallest absolute Gasteiger partial charge is 0.134 e. The first kappa shape index (κ1) is 11.7. The van der Waals surface area contributed by atoms with Crippen LogP contribution in [0.2, 0.25) is 0 Å². The maximum Gasteiger partial charge on any atom is 0.134 e. The summed E-state index contributed by atoms with van der Waals surface area (Å²) in [7, 11) is 0. The van der Waals surface area contributed by atoms with E-state index in [1.54, 1.807) is 6.26 Å². The maximum atomic E-state index is 5.54. The fourth-order valence-corrected chi connectivity index (χ4v) is 3.22. The van der Waals surface area contributed by atoms with Gasteiger partial charge in [0.25, 0.3) is 0 Å². The van der Waals surface area contributed by atoms with Crippen molar-refractivity contribution in [1.29, 1.82) is 0 Å². The minimum Gasteiger partial charge on any atom is -0.464 e. The Morgan fingerprint density at radius 2 is 1.90 bits per heavy atom. The van der Waals surface area contributed by atoms with Crippen molar-refractivity contribution in [2.75, 3.05) is 6.54 Å². The Morgan fingerprint density at radius 3 is 2.80 bits per heavy atom. The van der Waals surface area contributed by atoms with E-state index in [4.69, 9.17) is 4.42 Å². The van der Waals surface area contributed by atoms with Gasteiger partial charge in [-0.15, -0.1) is 0 Å². The molecule has 0 spiro atoms. The van der Waals surface area contributed by atoms with Crippen LogP contribution in [0.3, 0.4) is 0 Å². The molecular weight excluding hydrogens is 246 g/mol. The van der Waals surface area contributed by atoms with Crippen molar-refractivity contribution in [3.8, 4) is 0 Å². The molecule has 2 heterocycles. The SMILES string of the molecule is CC1NCC(c2ccc3ccoc3c2)c2ccccc21. The minimum absolute atomic E-state index is 0.400. The van der Waals surface area contributed by atoms with Crippen LogP contribution in [-0.2, 0) is 0 Å². The van der Waals surface area contributed by atoms with Gasteiger partial charge >= 0.3 is 0 Å². The number of nitrogens with one attached hydrogen (secondary N) is 1. The molecule has 1 aromatic heterocycles. The summed E-state index contributed by atoms with van der Waals surface area (Å²) >= 11 is 0. The van der Waals surface area contributed by atoms with Crippen molar-refractivity contribution in [2.45, 2.75) is 18.9 Å². The number of rotatable bonds is 1. The molecular formula is C18H17NO. The molecule has 0 fully saturated rings. The van der Waals surface area contributed by atoms with Gasteiger partial charge in [-0.1, -0.05) is 36.4 Å². The zero-order chi connectivity index (χ0) is 13.5. The zero-order valence-corrected chi connectivity index (χ0v) is 11.5. The Balaban J connectivity index is 1.84. The third kappa shape index (κ3) is 1.76. The van der Waals surface area contributed by atoms with E-state index in [-0.39, 0.29) is 0 Å². The molecule has 2 heteroatoms. The molecule has 0 bridgehead atoms. The Morgan fingerprint density at radius 1 is 1.05 bits per heavy atom. The quantitative estimate of drug-likeness (QED) is 0.710. The average molecular weight is 263 g/mol. The third-order valence-electron chi connectivity index (χ3n) is 4.35. The van der Waals surface area contributed by atoms with Crippen molar-refractivity contribution in [3.05, 3.63) is 71.5 Å². The van der Waals surface area contributed by atoms with Crippen molar-refractivity contribution < 1.29 is 4.42 Å². The molecule has 0 radical (unpaired) electrons. The Hall–Kier alpha value is -2.06. The average Bonchev–Trinajstić information content (AvgIpc) is 2.95. The number of benzene rings is 2. The van der Waals surface area contributed by atoms with Crippen LogP contribution in [0, 0.1) is 0 Å². The highest BCUT2D eigenvalue weighted by Crippen LogP contribution is 2.35. The zero-order valence-electron chi connectivity index (χ0n) is 11.5. The van der Waals surface area contributed by atoms with Crippen LogP contribution in [0.5, 0.6) is 0 Å². The standard InChI is InChI=1S/C18H17NO/c1-12-15-4-2-3-5-16(15)17(11-19-12)14-7-6-13-8-9-20-18(13)10-14/h2-10,12,17,19H,11H2,1H3. The summed E-state index contributed by atoms with van der Waals surface area (Å²) in [5.41, 5.74) is 5.13.